The molecule has 0 spiro atoms. The summed E-state index contributed by atoms with van der Waals surface area (Å²) in [6.07, 6.45) is 0.914. The van der Waals surface area contributed by atoms with E-state index in [1.807, 2.05) is 5.01 Å². The molecule has 0 aromatic rings. The van der Waals surface area contributed by atoms with Gasteiger partial charge in [-0.25, -0.2) is 0 Å². The summed E-state index contributed by atoms with van der Waals surface area (Å²) in [6, 6.07) is 0. The molecular weight excluding hydrogens is 126 g/mol. The zero-order valence-corrected chi connectivity index (χ0v) is 6.89. The van der Waals surface area contributed by atoms with Crippen LogP contribution in [0.25, 0.3) is 0 Å². The van der Waals surface area contributed by atoms with E-state index in [4.69, 9.17) is 5.73 Å². The van der Waals surface area contributed by atoms with Crippen molar-refractivity contribution in [3.63, 3.8) is 0 Å². The van der Waals surface area contributed by atoms with Crippen LogP contribution in [0.4, 0.5) is 0 Å². The van der Waals surface area contributed by atoms with Crippen LogP contribution in [-0.4, -0.2) is 22.9 Å². The largest absolute Gasteiger partial charge is 0.386 e. The van der Waals surface area contributed by atoms with Crippen molar-refractivity contribution in [3.05, 3.63) is 0 Å². The molecule has 3 heteroatoms. The van der Waals surface area contributed by atoms with Crippen LogP contribution in [0.15, 0.2) is 5.10 Å². The standard InChI is InChI=1S/C7H15N3/c1-7(2,3)10-5-4-6(8)9-10/h4-5H2,1-3H3,(H2,8,9). The summed E-state index contributed by atoms with van der Waals surface area (Å²) in [4.78, 5) is 0. The number of rotatable bonds is 0. The highest BCUT2D eigenvalue weighted by molar-refractivity contribution is 5.81. The minimum atomic E-state index is 0.126. The summed E-state index contributed by atoms with van der Waals surface area (Å²) >= 11 is 0. The molecule has 1 heterocycles. The van der Waals surface area contributed by atoms with Gasteiger partial charge in [0, 0.05) is 18.5 Å². The first-order valence-electron chi connectivity index (χ1n) is 3.61. The Morgan fingerprint density at radius 1 is 1.50 bits per heavy atom. The Bertz CT molecular complexity index is 155. The van der Waals surface area contributed by atoms with E-state index in [1.165, 1.54) is 0 Å². The highest BCUT2D eigenvalue weighted by Crippen LogP contribution is 2.17. The maximum absolute atomic E-state index is 5.53. The molecule has 0 aromatic heterocycles. The molecule has 0 amide bonds. The Morgan fingerprint density at radius 3 is 2.30 bits per heavy atom. The first-order valence-corrected chi connectivity index (χ1v) is 3.61. The molecule has 0 unspecified atom stereocenters. The second-order valence-electron chi connectivity index (χ2n) is 3.64. The Kier molecular flexibility index (Phi) is 1.58. The average molecular weight is 141 g/mol. The first-order chi connectivity index (χ1) is 4.50. The molecule has 1 rings (SSSR count). The van der Waals surface area contributed by atoms with Crippen LogP contribution < -0.4 is 5.73 Å². The van der Waals surface area contributed by atoms with Gasteiger partial charge in [-0.3, -0.25) is 5.01 Å². The topological polar surface area (TPSA) is 41.6 Å². The summed E-state index contributed by atoms with van der Waals surface area (Å²) in [5, 5.41) is 6.22. The Morgan fingerprint density at radius 2 is 2.10 bits per heavy atom. The lowest BCUT2D eigenvalue weighted by atomic mass is 10.1. The fraction of sp³-hybridized carbons (Fsp3) is 0.857. The number of nitrogens with two attached hydrogens (primary N) is 1. The van der Waals surface area contributed by atoms with Crippen LogP contribution in [0.5, 0.6) is 0 Å². The summed E-state index contributed by atoms with van der Waals surface area (Å²) in [5.74, 6) is 0.759. The van der Waals surface area contributed by atoms with E-state index >= 15 is 0 Å². The van der Waals surface area contributed by atoms with E-state index in [0.717, 1.165) is 18.8 Å². The van der Waals surface area contributed by atoms with Crippen LogP contribution in [0.2, 0.25) is 0 Å². The highest BCUT2D eigenvalue weighted by Gasteiger charge is 2.23. The number of hydrazone groups is 1. The van der Waals surface area contributed by atoms with Gasteiger partial charge in [0.05, 0.1) is 0 Å². The van der Waals surface area contributed by atoms with E-state index in [-0.39, 0.29) is 5.54 Å². The van der Waals surface area contributed by atoms with E-state index in [9.17, 15) is 0 Å². The van der Waals surface area contributed by atoms with Crippen molar-refractivity contribution in [1.82, 2.24) is 5.01 Å². The summed E-state index contributed by atoms with van der Waals surface area (Å²) < 4.78 is 0. The van der Waals surface area contributed by atoms with Gasteiger partial charge in [0.25, 0.3) is 0 Å². The van der Waals surface area contributed by atoms with E-state index < -0.39 is 0 Å². The van der Waals surface area contributed by atoms with Crippen molar-refractivity contribution in [2.45, 2.75) is 32.7 Å². The first kappa shape index (κ1) is 7.38. The third-order valence-electron chi connectivity index (χ3n) is 1.60. The van der Waals surface area contributed by atoms with Crippen molar-refractivity contribution in [2.75, 3.05) is 6.54 Å². The van der Waals surface area contributed by atoms with Gasteiger partial charge in [-0.1, -0.05) is 0 Å². The van der Waals surface area contributed by atoms with Crippen LogP contribution in [0.3, 0.4) is 0 Å². The molecule has 10 heavy (non-hydrogen) atoms. The van der Waals surface area contributed by atoms with Gasteiger partial charge < -0.3 is 5.73 Å². The van der Waals surface area contributed by atoms with Crippen molar-refractivity contribution < 1.29 is 0 Å². The van der Waals surface area contributed by atoms with E-state index in [2.05, 4.69) is 25.9 Å². The lowest BCUT2D eigenvalue weighted by Gasteiger charge is -2.29. The third kappa shape index (κ3) is 1.40. The van der Waals surface area contributed by atoms with Gasteiger partial charge in [-0.05, 0) is 20.8 Å². The molecule has 1 aliphatic heterocycles. The van der Waals surface area contributed by atoms with Crippen molar-refractivity contribution in [2.24, 2.45) is 10.8 Å². The molecule has 0 saturated heterocycles. The van der Waals surface area contributed by atoms with Crippen molar-refractivity contribution >= 4 is 5.84 Å². The molecule has 0 saturated carbocycles. The zero-order chi connectivity index (χ0) is 7.78. The molecular formula is C7H15N3. The zero-order valence-electron chi connectivity index (χ0n) is 6.89. The Hall–Kier alpha value is -0.730. The second-order valence-corrected chi connectivity index (χ2v) is 3.64. The molecule has 3 nitrogen and oxygen atoms in total. The van der Waals surface area contributed by atoms with Gasteiger partial charge in [-0.15, -0.1) is 0 Å². The monoisotopic (exact) mass is 141 g/mol. The summed E-state index contributed by atoms with van der Waals surface area (Å²) in [7, 11) is 0. The molecule has 58 valence electrons. The molecule has 1 aliphatic rings. The number of amidine groups is 1. The lowest BCUT2D eigenvalue weighted by molar-refractivity contribution is 0.160. The Labute approximate surface area is 61.9 Å². The van der Waals surface area contributed by atoms with Gasteiger partial charge in [0.1, 0.15) is 5.84 Å². The molecule has 2 N–H and O–H groups in total. The third-order valence-corrected chi connectivity index (χ3v) is 1.60. The van der Waals surface area contributed by atoms with Gasteiger partial charge >= 0.3 is 0 Å². The van der Waals surface area contributed by atoms with Crippen LogP contribution in [0.1, 0.15) is 27.2 Å². The molecule has 0 radical (unpaired) electrons. The van der Waals surface area contributed by atoms with Gasteiger partial charge in [0.2, 0.25) is 0 Å². The van der Waals surface area contributed by atoms with Crippen LogP contribution in [-0.2, 0) is 0 Å². The lowest BCUT2D eigenvalue weighted by Crippen LogP contribution is -2.35. The highest BCUT2D eigenvalue weighted by atomic mass is 15.5. The van der Waals surface area contributed by atoms with Crippen LogP contribution >= 0.6 is 0 Å². The van der Waals surface area contributed by atoms with E-state index in [0.29, 0.717) is 0 Å². The number of hydrogen-bond acceptors (Lipinski definition) is 3. The van der Waals surface area contributed by atoms with Gasteiger partial charge in [0.15, 0.2) is 0 Å². The molecule has 0 aromatic carbocycles. The molecule has 0 bridgehead atoms. The van der Waals surface area contributed by atoms with Crippen LogP contribution in [0, 0.1) is 0 Å². The summed E-state index contributed by atoms with van der Waals surface area (Å²) in [5.41, 5.74) is 5.66. The summed E-state index contributed by atoms with van der Waals surface area (Å²) in [6.45, 7) is 7.37. The predicted molar refractivity (Wildman–Crippen MR) is 42.7 cm³/mol. The maximum atomic E-state index is 5.53. The predicted octanol–water partition coefficient (Wildman–Crippen LogP) is 0.763. The Balaban J connectivity index is 2.61. The minimum Gasteiger partial charge on any atom is -0.386 e. The van der Waals surface area contributed by atoms with Crippen molar-refractivity contribution in [3.8, 4) is 0 Å². The van der Waals surface area contributed by atoms with Crippen molar-refractivity contribution in [1.29, 1.82) is 0 Å². The second kappa shape index (κ2) is 2.15. The van der Waals surface area contributed by atoms with E-state index in [1.54, 1.807) is 0 Å². The smallest absolute Gasteiger partial charge is 0.121 e. The minimum absolute atomic E-state index is 0.126. The number of nitrogens with zero attached hydrogens (tertiary/aromatic N) is 2. The average Bonchev–Trinajstić information content (AvgIpc) is 2.11. The molecule has 0 fully saturated rings. The number of hydrogen-bond donors (Lipinski definition) is 1. The normalized spacial score (nSPS) is 19.5. The fourth-order valence-corrected chi connectivity index (χ4v) is 0.961. The maximum Gasteiger partial charge on any atom is 0.121 e. The molecule has 0 aliphatic carbocycles. The molecule has 0 atom stereocenters. The fourth-order valence-electron chi connectivity index (χ4n) is 0.961. The SMILES string of the molecule is CC(C)(C)N1CCC(N)=N1. The van der Waals surface area contributed by atoms with Gasteiger partial charge in [-0.2, -0.15) is 5.10 Å². The quantitative estimate of drug-likeness (QED) is 0.541.